The van der Waals surface area contributed by atoms with Gasteiger partial charge in [-0.25, -0.2) is 0 Å². The van der Waals surface area contributed by atoms with Crippen LogP contribution in [-0.4, -0.2) is 36.0 Å². The van der Waals surface area contributed by atoms with E-state index < -0.39 is 0 Å². The van der Waals surface area contributed by atoms with Crippen molar-refractivity contribution in [1.29, 1.82) is 0 Å². The van der Waals surface area contributed by atoms with Crippen LogP contribution in [0, 0.1) is 10.1 Å². The fourth-order valence-corrected chi connectivity index (χ4v) is 2.66. The molecule has 1 heterocycles. The SMILES string of the molecule is CN(Cc1ccccc1[N+](=O)[O-])C1CCCNCC1. The highest BCUT2D eigenvalue weighted by Gasteiger charge is 2.20. The highest BCUT2D eigenvalue weighted by molar-refractivity contribution is 5.39. The van der Waals surface area contributed by atoms with Gasteiger partial charge in [-0.15, -0.1) is 0 Å². The Balaban J connectivity index is 2.05. The molecule has 5 heteroatoms. The van der Waals surface area contributed by atoms with Gasteiger partial charge in [0.2, 0.25) is 0 Å². The molecule has 1 fully saturated rings. The summed E-state index contributed by atoms with van der Waals surface area (Å²) < 4.78 is 0. The topological polar surface area (TPSA) is 58.4 Å². The van der Waals surface area contributed by atoms with Gasteiger partial charge in [0.25, 0.3) is 5.69 Å². The summed E-state index contributed by atoms with van der Waals surface area (Å²) in [5.74, 6) is 0. The van der Waals surface area contributed by atoms with Gasteiger partial charge in [0, 0.05) is 24.2 Å². The number of rotatable bonds is 4. The van der Waals surface area contributed by atoms with Crippen molar-refractivity contribution in [1.82, 2.24) is 10.2 Å². The van der Waals surface area contributed by atoms with Crippen molar-refractivity contribution in [2.75, 3.05) is 20.1 Å². The summed E-state index contributed by atoms with van der Waals surface area (Å²) in [7, 11) is 2.06. The Morgan fingerprint density at radius 1 is 1.37 bits per heavy atom. The van der Waals surface area contributed by atoms with E-state index in [0.29, 0.717) is 12.6 Å². The van der Waals surface area contributed by atoms with Crippen LogP contribution in [0.4, 0.5) is 5.69 Å². The number of benzene rings is 1. The van der Waals surface area contributed by atoms with Gasteiger partial charge in [-0.3, -0.25) is 15.0 Å². The van der Waals surface area contributed by atoms with Crippen molar-refractivity contribution in [3.8, 4) is 0 Å². The molecule has 1 unspecified atom stereocenters. The van der Waals surface area contributed by atoms with Crippen molar-refractivity contribution in [3.05, 3.63) is 39.9 Å². The zero-order valence-corrected chi connectivity index (χ0v) is 11.3. The number of hydrogen-bond acceptors (Lipinski definition) is 4. The van der Waals surface area contributed by atoms with Crippen molar-refractivity contribution in [2.24, 2.45) is 0 Å². The van der Waals surface area contributed by atoms with Gasteiger partial charge in [-0.2, -0.15) is 0 Å². The van der Waals surface area contributed by atoms with Crippen LogP contribution in [0.15, 0.2) is 24.3 Å². The average Bonchev–Trinajstić information content (AvgIpc) is 2.68. The first-order chi connectivity index (χ1) is 9.18. The summed E-state index contributed by atoms with van der Waals surface area (Å²) in [5.41, 5.74) is 1.02. The van der Waals surface area contributed by atoms with Crippen LogP contribution in [0.1, 0.15) is 24.8 Å². The lowest BCUT2D eigenvalue weighted by atomic mass is 10.1. The molecule has 1 N–H and O–H groups in total. The van der Waals surface area contributed by atoms with E-state index in [1.807, 2.05) is 12.1 Å². The summed E-state index contributed by atoms with van der Waals surface area (Å²) in [4.78, 5) is 13.0. The second-order valence-corrected chi connectivity index (χ2v) is 5.14. The normalized spacial score (nSPS) is 20.2. The Hall–Kier alpha value is -1.46. The minimum atomic E-state index is -0.294. The molecule has 0 saturated carbocycles. The number of nitrogens with one attached hydrogen (secondary N) is 1. The summed E-state index contributed by atoms with van der Waals surface area (Å²) >= 11 is 0. The largest absolute Gasteiger partial charge is 0.317 e. The van der Waals surface area contributed by atoms with Gasteiger partial charge < -0.3 is 5.32 Å². The molecular formula is C14H21N3O2. The molecule has 1 aliphatic heterocycles. The summed E-state index contributed by atoms with van der Waals surface area (Å²) in [6.45, 7) is 2.75. The predicted octanol–water partition coefficient (Wildman–Crippen LogP) is 2.17. The van der Waals surface area contributed by atoms with Crippen LogP contribution in [-0.2, 0) is 6.54 Å². The highest BCUT2D eigenvalue weighted by atomic mass is 16.6. The Labute approximate surface area is 113 Å². The smallest absolute Gasteiger partial charge is 0.273 e. The second-order valence-electron chi connectivity index (χ2n) is 5.14. The van der Waals surface area contributed by atoms with E-state index in [-0.39, 0.29) is 10.6 Å². The molecular weight excluding hydrogens is 242 g/mol. The minimum absolute atomic E-state index is 0.223. The predicted molar refractivity (Wildman–Crippen MR) is 75.1 cm³/mol. The number of para-hydroxylation sites is 1. The lowest BCUT2D eigenvalue weighted by molar-refractivity contribution is -0.385. The summed E-state index contributed by atoms with van der Waals surface area (Å²) in [6.07, 6.45) is 3.44. The van der Waals surface area contributed by atoms with Crippen molar-refractivity contribution in [2.45, 2.75) is 31.8 Å². The fourth-order valence-electron chi connectivity index (χ4n) is 2.66. The maximum Gasteiger partial charge on any atom is 0.273 e. The Kier molecular flexibility index (Phi) is 4.87. The van der Waals surface area contributed by atoms with E-state index in [9.17, 15) is 10.1 Å². The number of nitro groups is 1. The third-order valence-corrected chi connectivity index (χ3v) is 3.78. The van der Waals surface area contributed by atoms with E-state index in [1.165, 1.54) is 6.42 Å². The zero-order chi connectivity index (χ0) is 13.7. The van der Waals surface area contributed by atoms with Gasteiger partial charge in [-0.1, -0.05) is 18.2 Å². The molecule has 0 radical (unpaired) electrons. The van der Waals surface area contributed by atoms with E-state index in [0.717, 1.165) is 31.5 Å². The van der Waals surface area contributed by atoms with Gasteiger partial charge in [-0.05, 0) is 39.4 Å². The van der Waals surface area contributed by atoms with Crippen molar-refractivity contribution >= 4 is 5.69 Å². The lowest BCUT2D eigenvalue weighted by Crippen LogP contribution is -2.32. The molecule has 1 aromatic rings. The molecule has 0 aromatic heterocycles. The van der Waals surface area contributed by atoms with Crippen LogP contribution < -0.4 is 5.32 Å². The molecule has 5 nitrogen and oxygen atoms in total. The third-order valence-electron chi connectivity index (χ3n) is 3.78. The van der Waals surface area contributed by atoms with Crippen LogP contribution in [0.25, 0.3) is 0 Å². The van der Waals surface area contributed by atoms with Gasteiger partial charge in [0.15, 0.2) is 0 Å². The standard InChI is InChI=1S/C14H21N3O2/c1-16(13-6-4-9-15-10-8-13)11-12-5-2-3-7-14(12)17(18)19/h2-3,5,7,13,15H,4,6,8-11H2,1H3. The maximum atomic E-state index is 11.0. The number of nitro benzene ring substituents is 1. The molecule has 1 aromatic carbocycles. The van der Waals surface area contributed by atoms with Crippen LogP contribution in [0.2, 0.25) is 0 Å². The molecule has 0 spiro atoms. The first-order valence-corrected chi connectivity index (χ1v) is 6.81. The Morgan fingerprint density at radius 3 is 2.95 bits per heavy atom. The van der Waals surface area contributed by atoms with E-state index in [1.54, 1.807) is 12.1 Å². The first kappa shape index (κ1) is 14.0. The molecule has 2 rings (SSSR count). The molecule has 104 valence electrons. The van der Waals surface area contributed by atoms with Gasteiger partial charge in [0.05, 0.1) is 4.92 Å². The van der Waals surface area contributed by atoms with Crippen molar-refractivity contribution in [3.63, 3.8) is 0 Å². The van der Waals surface area contributed by atoms with E-state index >= 15 is 0 Å². The molecule has 1 saturated heterocycles. The number of hydrogen-bond donors (Lipinski definition) is 1. The first-order valence-electron chi connectivity index (χ1n) is 6.81. The molecule has 1 atom stereocenters. The molecule has 0 bridgehead atoms. The lowest BCUT2D eigenvalue weighted by Gasteiger charge is -2.26. The maximum absolute atomic E-state index is 11.0. The van der Waals surface area contributed by atoms with Gasteiger partial charge in [0.1, 0.15) is 0 Å². The minimum Gasteiger partial charge on any atom is -0.317 e. The third kappa shape index (κ3) is 3.75. The zero-order valence-electron chi connectivity index (χ0n) is 11.3. The van der Waals surface area contributed by atoms with Gasteiger partial charge >= 0.3 is 0 Å². The Bertz CT molecular complexity index is 428. The van der Waals surface area contributed by atoms with E-state index in [4.69, 9.17) is 0 Å². The number of nitrogens with zero attached hydrogens (tertiary/aromatic N) is 2. The summed E-state index contributed by atoms with van der Waals surface area (Å²) in [6, 6.07) is 7.53. The van der Waals surface area contributed by atoms with Crippen LogP contribution in [0.5, 0.6) is 0 Å². The highest BCUT2D eigenvalue weighted by Crippen LogP contribution is 2.21. The molecule has 19 heavy (non-hydrogen) atoms. The fraction of sp³-hybridized carbons (Fsp3) is 0.571. The average molecular weight is 263 g/mol. The summed E-state index contributed by atoms with van der Waals surface area (Å²) in [5, 5.41) is 14.4. The van der Waals surface area contributed by atoms with Crippen molar-refractivity contribution < 1.29 is 4.92 Å². The molecule has 1 aliphatic rings. The monoisotopic (exact) mass is 263 g/mol. The second kappa shape index (κ2) is 6.63. The van der Waals surface area contributed by atoms with Crippen LogP contribution in [0.3, 0.4) is 0 Å². The van der Waals surface area contributed by atoms with E-state index in [2.05, 4.69) is 17.3 Å². The Morgan fingerprint density at radius 2 is 2.16 bits per heavy atom. The quantitative estimate of drug-likeness (QED) is 0.668. The molecule has 0 aliphatic carbocycles. The van der Waals surface area contributed by atoms with Crippen LogP contribution >= 0.6 is 0 Å². The molecule has 0 amide bonds.